The third-order valence-electron chi connectivity index (χ3n) is 4.17. The average Bonchev–Trinajstić information content (AvgIpc) is 2.51. The topological polar surface area (TPSA) is 75.7 Å². The number of nitrogens with one attached hydrogen (secondary N) is 1. The maximum absolute atomic E-state index is 12.7. The Hall–Kier alpha value is -2.54. The molecule has 0 saturated carbocycles. The fourth-order valence-electron chi connectivity index (χ4n) is 3.08. The summed E-state index contributed by atoms with van der Waals surface area (Å²) in [5.74, 6) is 0.00252. The first-order valence-corrected chi connectivity index (χ1v) is 10.1. The van der Waals surface area contributed by atoms with Crippen LogP contribution in [0.1, 0.15) is 16.7 Å². The van der Waals surface area contributed by atoms with Crippen molar-refractivity contribution >= 4 is 27.3 Å². The summed E-state index contributed by atoms with van der Waals surface area (Å²) < 4.78 is 31.4. The van der Waals surface area contributed by atoms with E-state index in [9.17, 15) is 13.2 Å². The molecule has 0 saturated heterocycles. The first kappa shape index (κ1) is 18.3. The van der Waals surface area contributed by atoms with Crippen LogP contribution in [-0.2, 0) is 14.8 Å². The van der Waals surface area contributed by atoms with Gasteiger partial charge in [-0.3, -0.25) is 9.10 Å². The summed E-state index contributed by atoms with van der Waals surface area (Å²) in [5.41, 5.74) is 4.10. The molecule has 0 radical (unpaired) electrons. The highest BCUT2D eigenvalue weighted by atomic mass is 32.2. The third kappa shape index (κ3) is 3.83. The van der Waals surface area contributed by atoms with E-state index in [1.165, 1.54) is 4.31 Å². The summed E-state index contributed by atoms with van der Waals surface area (Å²) in [4.78, 5) is 12.7. The number of carbonyl (C=O) groups excluding carboxylic acids is 1. The van der Waals surface area contributed by atoms with Crippen LogP contribution in [0.5, 0.6) is 5.75 Å². The molecule has 0 aliphatic carbocycles. The van der Waals surface area contributed by atoms with Crippen molar-refractivity contribution in [3.63, 3.8) is 0 Å². The minimum Gasteiger partial charge on any atom is -0.476 e. The molecule has 26 heavy (non-hydrogen) atoms. The molecule has 2 aromatic rings. The molecule has 7 heteroatoms. The lowest BCUT2D eigenvalue weighted by Crippen LogP contribution is -2.48. The summed E-state index contributed by atoms with van der Waals surface area (Å²) in [6.07, 6.45) is 0.198. The van der Waals surface area contributed by atoms with Crippen LogP contribution in [-0.4, -0.2) is 33.2 Å². The molecule has 1 atom stereocenters. The van der Waals surface area contributed by atoms with Gasteiger partial charge in [-0.25, -0.2) is 8.42 Å². The molecule has 1 amide bonds. The van der Waals surface area contributed by atoms with Crippen molar-refractivity contribution in [1.29, 1.82) is 0 Å². The van der Waals surface area contributed by atoms with E-state index in [0.717, 1.165) is 22.9 Å². The van der Waals surface area contributed by atoms with Gasteiger partial charge in [-0.2, -0.15) is 0 Å². The number of ether oxygens (including phenoxy) is 1. The lowest BCUT2D eigenvalue weighted by atomic mass is 10.1. The second-order valence-corrected chi connectivity index (χ2v) is 8.64. The first-order chi connectivity index (χ1) is 12.1. The van der Waals surface area contributed by atoms with Crippen LogP contribution in [0.4, 0.5) is 11.4 Å². The van der Waals surface area contributed by atoms with Crippen LogP contribution in [0.3, 0.4) is 0 Å². The highest BCUT2D eigenvalue weighted by Crippen LogP contribution is 2.36. The number of rotatable bonds is 3. The molecule has 1 aliphatic rings. The van der Waals surface area contributed by atoms with Gasteiger partial charge in [0.1, 0.15) is 5.75 Å². The molecule has 1 heterocycles. The molecule has 0 spiro atoms. The van der Waals surface area contributed by atoms with Crippen LogP contribution in [0.2, 0.25) is 0 Å². The zero-order chi connectivity index (χ0) is 19.1. The van der Waals surface area contributed by atoms with E-state index in [4.69, 9.17) is 4.74 Å². The molecule has 6 nitrogen and oxygen atoms in total. The van der Waals surface area contributed by atoms with Crippen LogP contribution in [0.25, 0.3) is 0 Å². The van der Waals surface area contributed by atoms with Crippen molar-refractivity contribution in [2.24, 2.45) is 0 Å². The first-order valence-electron chi connectivity index (χ1n) is 8.27. The van der Waals surface area contributed by atoms with E-state index in [2.05, 4.69) is 5.32 Å². The second kappa shape index (κ2) is 6.64. The van der Waals surface area contributed by atoms with Gasteiger partial charge < -0.3 is 10.1 Å². The number of benzene rings is 2. The van der Waals surface area contributed by atoms with Gasteiger partial charge in [0.05, 0.1) is 18.5 Å². The minimum absolute atomic E-state index is 0.0636. The van der Waals surface area contributed by atoms with Crippen LogP contribution in [0.15, 0.2) is 36.4 Å². The Kier molecular flexibility index (Phi) is 4.66. The maximum atomic E-state index is 12.7. The van der Waals surface area contributed by atoms with Crippen molar-refractivity contribution in [2.75, 3.05) is 22.4 Å². The number of nitrogens with zero attached hydrogens (tertiary/aromatic N) is 1. The van der Waals surface area contributed by atoms with E-state index in [1.54, 1.807) is 12.1 Å². The molecular weight excluding hydrogens is 352 g/mol. The number of hydrogen-bond acceptors (Lipinski definition) is 4. The Morgan fingerprint density at radius 1 is 1.08 bits per heavy atom. The normalized spacial score (nSPS) is 16.6. The third-order valence-corrected chi connectivity index (χ3v) is 5.31. The summed E-state index contributed by atoms with van der Waals surface area (Å²) in [6.45, 7) is 5.71. The van der Waals surface area contributed by atoms with E-state index in [1.807, 2.05) is 45.0 Å². The molecule has 2 aromatic carbocycles. The van der Waals surface area contributed by atoms with Crippen molar-refractivity contribution in [3.8, 4) is 5.75 Å². The number of sulfonamides is 1. The summed E-state index contributed by atoms with van der Waals surface area (Å²) in [6, 6.07) is 11.0. The van der Waals surface area contributed by atoms with Gasteiger partial charge in [0, 0.05) is 5.69 Å². The van der Waals surface area contributed by atoms with Gasteiger partial charge in [-0.15, -0.1) is 0 Å². The summed E-state index contributed by atoms with van der Waals surface area (Å²) in [5, 5.41) is 2.82. The minimum atomic E-state index is -3.54. The zero-order valence-corrected chi connectivity index (χ0v) is 16.1. The molecule has 0 bridgehead atoms. The molecule has 0 aromatic heterocycles. The van der Waals surface area contributed by atoms with Crippen molar-refractivity contribution in [2.45, 2.75) is 26.9 Å². The SMILES string of the molecule is Cc1cc(C)cc(NC(=O)[C@H]2CN(S(C)(=O)=O)c3cc(C)ccc3O2)c1. The van der Waals surface area contributed by atoms with Crippen molar-refractivity contribution in [1.82, 2.24) is 0 Å². The Morgan fingerprint density at radius 3 is 2.35 bits per heavy atom. The lowest BCUT2D eigenvalue weighted by Gasteiger charge is -2.34. The van der Waals surface area contributed by atoms with Gasteiger partial charge >= 0.3 is 0 Å². The van der Waals surface area contributed by atoms with Gasteiger partial charge in [-0.05, 0) is 61.7 Å². The van der Waals surface area contributed by atoms with Gasteiger partial charge in [0.15, 0.2) is 6.10 Å². The summed E-state index contributed by atoms with van der Waals surface area (Å²) in [7, 11) is -3.54. The largest absolute Gasteiger partial charge is 0.476 e. The summed E-state index contributed by atoms with van der Waals surface area (Å²) >= 11 is 0. The number of aryl methyl sites for hydroxylation is 3. The number of amides is 1. The quantitative estimate of drug-likeness (QED) is 0.896. The smallest absolute Gasteiger partial charge is 0.267 e. The molecule has 0 fully saturated rings. The Morgan fingerprint density at radius 2 is 1.73 bits per heavy atom. The number of hydrogen-bond donors (Lipinski definition) is 1. The van der Waals surface area contributed by atoms with Gasteiger partial charge in [-0.1, -0.05) is 12.1 Å². The Balaban J connectivity index is 1.89. The molecule has 1 N–H and O–H groups in total. The fraction of sp³-hybridized carbons (Fsp3) is 0.316. The highest BCUT2D eigenvalue weighted by Gasteiger charge is 2.35. The molecule has 3 rings (SSSR count). The number of fused-ring (bicyclic) bond motifs is 1. The van der Waals surface area contributed by atoms with Crippen LogP contribution in [0, 0.1) is 20.8 Å². The second-order valence-electron chi connectivity index (χ2n) is 6.74. The van der Waals surface area contributed by atoms with Gasteiger partial charge in [0.25, 0.3) is 5.91 Å². The molecule has 1 aliphatic heterocycles. The maximum Gasteiger partial charge on any atom is 0.267 e. The van der Waals surface area contributed by atoms with Crippen LogP contribution >= 0.6 is 0 Å². The van der Waals surface area contributed by atoms with E-state index in [0.29, 0.717) is 17.1 Å². The predicted molar refractivity (Wildman–Crippen MR) is 102 cm³/mol. The van der Waals surface area contributed by atoms with Gasteiger partial charge in [0.2, 0.25) is 10.0 Å². The van der Waals surface area contributed by atoms with Crippen molar-refractivity contribution in [3.05, 3.63) is 53.1 Å². The number of anilines is 2. The standard InChI is InChI=1S/C19H22N2O4S/c1-12-5-6-17-16(10-12)21(26(4,23)24)11-18(25-17)19(22)20-15-8-13(2)7-14(3)9-15/h5-10,18H,11H2,1-4H3,(H,20,22)/t18-/m1/s1. The molecule has 138 valence electrons. The van der Waals surface area contributed by atoms with E-state index < -0.39 is 16.1 Å². The van der Waals surface area contributed by atoms with E-state index in [-0.39, 0.29) is 12.5 Å². The molecule has 0 unspecified atom stereocenters. The fourth-order valence-corrected chi connectivity index (χ4v) is 3.99. The lowest BCUT2D eigenvalue weighted by molar-refractivity contribution is -0.122. The Labute approximate surface area is 153 Å². The Bertz CT molecular complexity index is 949. The monoisotopic (exact) mass is 374 g/mol. The molecular formula is C19H22N2O4S. The van der Waals surface area contributed by atoms with E-state index >= 15 is 0 Å². The number of carbonyl (C=O) groups is 1. The zero-order valence-electron chi connectivity index (χ0n) is 15.2. The average molecular weight is 374 g/mol. The highest BCUT2D eigenvalue weighted by molar-refractivity contribution is 7.92. The predicted octanol–water partition coefficient (Wildman–Crippen LogP) is 2.78. The van der Waals surface area contributed by atoms with Crippen LogP contribution < -0.4 is 14.4 Å². The van der Waals surface area contributed by atoms with Crippen molar-refractivity contribution < 1.29 is 17.9 Å².